The molecule has 2 N–H and O–H groups in total. The molecular weight excluding hydrogens is 292 g/mol. The molecule has 4 rings (SSSR count). The van der Waals surface area contributed by atoms with E-state index in [4.69, 9.17) is 5.73 Å². The number of carbonyl (C=O) groups excluding carboxylic acids is 1. The number of hydrogen-bond donors (Lipinski definition) is 1. The van der Waals surface area contributed by atoms with Crippen molar-refractivity contribution in [2.75, 3.05) is 13.1 Å². The van der Waals surface area contributed by atoms with Crippen LogP contribution in [0.2, 0.25) is 0 Å². The van der Waals surface area contributed by atoms with Crippen LogP contribution >= 0.6 is 11.3 Å². The molecule has 1 aromatic heterocycles. The third kappa shape index (κ3) is 2.61. The molecule has 1 aromatic rings. The second-order valence-electron chi connectivity index (χ2n) is 7.35. The Balaban J connectivity index is 1.50. The van der Waals surface area contributed by atoms with Gasteiger partial charge in [-0.15, -0.1) is 11.3 Å². The summed E-state index contributed by atoms with van der Waals surface area (Å²) in [5.41, 5.74) is 7.73. The van der Waals surface area contributed by atoms with Crippen LogP contribution in [0.5, 0.6) is 0 Å². The summed E-state index contributed by atoms with van der Waals surface area (Å²) in [6, 6.07) is 2.49. The third-order valence-corrected chi connectivity index (χ3v) is 7.12. The van der Waals surface area contributed by atoms with Gasteiger partial charge in [-0.05, 0) is 62.0 Å². The molecule has 1 amide bonds. The first-order chi connectivity index (χ1) is 10.7. The summed E-state index contributed by atoms with van der Waals surface area (Å²) in [4.78, 5) is 17.4. The van der Waals surface area contributed by atoms with Crippen LogP contribution in [-0.4, -0.2) is 29.9 Å². The van der Waals surface area contributed by atoms with Gasteiger partial charge < -0.3 is 10.6 Å². The minimum absolute atomic E-state index is 0.264. The minimum Gasteiger partial charge on any atom is -0.337 e. The lowest BCUT2D eigenvalue weighted by molar-refractivity contribution is 0.0788. The summed E-state index contributed by atoms with van der Waals surface area (Å²) in [7, 11) is 0. The molecule has 3 nitrogen and oxygen atoms in total. The molecule has 1 aliphatic heterocycles. The molecule has 3 atom stereocenters. The number of likely N-dealkylation sites (tertiary alicyclic amines) is 1. The van der Waals surface area contributed by atoms with Gasteiger partial charge in [0.2, 0.25) is 0 Å². The first kappa shape index (κ1) is 14.7. The van der Waals surface area contributed by atoms with Crippen molar-refractivity contribution in [3.63, 3.8) is 0 Å². The van der Waals surface area contributed by atoms with Crippen molar-refractivity contribution in [2.45, 2.75) is 57.4 Å². The van der Waals surface area contributed by atoms with Crippen LogP contribution in [0.3, 0.4) is 0 Å². The van der Waals surface area contributed by atoms with Gasteiger partial charge in [0.05, 0.1) is 4.88 Å². The van der Waals surface area contributed by atoms with E-state index in [0.717, 1.165) is 30.8 Å². The smallest absolute Gasteiger partial charge is 0.263 e. The van der Waals surface area contributed by atoms with Gasteiger partial charge in [-0.2, -0.15) is 0 Å². The third-order valence-electron chi connectivity index (χ3n) is 5.90. The van der Waals surface area contributed by atoms with E-state index < -0.39 is 0 Å². The number of nitrogens with zero attached hydrogens (tertiary/aromatic N) is 1. The highest BCUT2D eigenvalue weighted by atomic mass is 32.1. The molecular formula is C18H26N2OS. The van der Waals surface area contributed by atoms with Crippen LogP contribution in [0.4, 0.5) is 0 Å². The van der Waals surface area contributed by atoms with E-state index in [2.05, 4.69) is 11.0 Å². The fourth-order valence-corrected chi connectivity index (χ4v) is 5.83. The fraction of sp³-hybridized carbons (Fsp3) is 0.722. The Hall–Kier alpha value is -0.870. The van der Waals surface area contributed by atoms with Crippen molar-refractivity contribution in [2.24, 2.45) is 17.6 Å². The number of hydrogen-bond acceptors (Lipinski definition) is 3. The van der Waals surface area contributed by atoms with E-state index in [-0.39, 0.29) is 5.91 Å². The van der Waals surface area contributed by atoms with E-state index in [0.29, 0.717) is 17.9 Å². The normalized spacial score (nSPS) is 31.5. The molecule has 22 heavy (non-hydrogen) atoms. The maximum Gasteiger partial charge on any atom is 0.263 e. The lowest BCUT2D eigenvalue weighted by Gasteiger charge is -2.29. The summed E-state index contributed by atoms with van der Waals surface area (Å²) >= 11 is 1.76. The summed E-state index contributed by atoms with van der Waals surface area (Å²) in [6.45, 7) is 1.81. The SMILES string of the molecule is NC1CCCC2CN(C(=O)c3cc4c(s3)CCCCC4)CC12. The Labute approximate surface area is 136 Å². The van der Waals surface area contributed by atoms with E-state index in [1.807, 2.05) is 0 Å². The lowest BCUT2D eigenvalue weighted by atomic mass is 9.78. The Morgan fingerprint density at radius 1 is 1.14 bits per heavy atom. The Kier molecular flexibility index (Phi) is 3.99. The summed E-state index contributed by atoms with van der Waals surface area (Å²) in [6.07, 6.45) is 9.85. The quantitative estimate of drug-likeness (QED) is 0.808. The topological polar surface area (TPSA) is 46.3 Å². The van der Waals surface area contributed by atoms with Crippen LogP contribution in [0.1, 0.15) is 58.6 Å². The molecule has 3 aliphatic rings. The lowest BCUT2D eigenvalue weighted by Crippen LogP contribution is -2.38. The van der Waals surface area contributed by atoms with Crippen LogP contribution in [-0.2, 0) is 12.8 Å². The number of aryl methyl sites for hydroxylation is 2. The van der Waals surface area contributed by atoms with Crippen molar-refractivity contribution >= 4 is 17.2 Å². The predicted octanol–water partition coefficient (Wildman–Crippen LogP) is 3.22. The van der Waals surface area contributed by atoms with Gasteiger partial charge in [0.25, 0.3) is 5.91 Å². The van der Waals surface area contributed by atoms with Crippen LogP contribution in [0.25, 0.3) is 0 Å². The van der Waals surface area contributed by atoms with Crippen LogP contribution in [0.15, 0.2) is 6.07 Å². The highest BCUT2D eigenvalue weighted by molar-refractivity contribution is 7.14. The largest absolute Gasteiger partial charge is 0.337 e. The number of fused-ring (bicyclic) bond motifs is 2. The van der Waals surface area contributed by atoms with Crippen molar-refractivity contribution in [1.29, 1.82) is 0 Å². The van der Waals surface area contributed by atoms with Crippen molar-refractivity contribution in [3.8, 4) is 0 Å². The molecule has 3 unspecified atom stereocenters. The predicted molar refractivity (Wildman–Crippen MR) is 90.3 cm³/mol. The van der Waals surface area contributed by atoms with E-state index in [1.165, 1.54) is 49.0 Å². The summed E-state index contributed by atoms with van der Waals surface area (Å²) in [5.74, 6) is 1.45. The molecule has 2 fully saturated rings. The number of thiophene rings is 1. The highest BCUT2D eigenvalue weighted by Gasteiger charge is 2.40. The van der Waals surface area contributed by atoms with Crippen LogP contribution in [0, 0.1) is 11.8 Å². The molecule has 120 valence electrons. The number of rotatable bonds is 1. The monoisotopic (exact) mass is 318 g/mol. The van der Waals surface area contributed by atoms with Crippen molar-refractivity contribution in [1.82, 2.24) is 4.90 Å². The maximum atomic E-state index is 12.9. The Morgan fingerprint density at radius 3 is 2.86 bits per heavy atom. The molecule has 0 bridgehead atoms. The molecule has 0 aromatic carbocycles. The maximum absolute atomic E-state index is 12.9. The van der Waals surface area contributed by atoms with Crippen molar-refractivity contribution in [3.05, 3.63) is 21.4 Å². The first-order valence-corrected chi connectivity index (χ1v) is 9.70. The van der Waals surface area contributed by atoms with Gasteiger partial charge in [0, 0.05) is 24.0 Å². The zero-order valence-electron chi connectivity index (χ0n) is 13.2. The molecule has 4 heteroatoms. The Morgan fingerprint density at radius 2 is 2.00 bits per heavy atom. The zero-order valence-corrected chi connectivity index (χ0v) is 14.0. The zero-order chi connectivity index (χ0) is 15.1. The number of amides is 1. The molecule has 2 aliphatic carbocycles. The number of carbonyl (C=O) groups is 1. The van der Waals surface area contributed by atoms with Crippen molar-refractivity contribution < 1.29 is 4.79 Å². The highest BCUT2D eigenvalue weighted by Crippen LogP contribution is 2.37. The van der Waals surface area contributed by atoms with E-state index in [9.17, 15) is 4.79 Å². The molecule has 0 spiro atoms. The van der Waals surface area contributed by atoms with E-state index in [1.54, 1.807) is 11.3 Å². The second kappa shape index (κ2) is 5.97. The van der Waals surface area contributed by atoms with Gasteiger partial charge in [-0.3, -0.25) is 4.79 Å². The average molecular weight is 318 g/mol. The Bertz CT molecular complexity index is 544. The minimum atomic E-state index is 0.264. The fourth-order valence-electron chi connectivity index (χ4n) is 4.61. The molecule has 2 heterocycles. The van der Waals surface area contributed by atoms with Gasteiger partial charge in [-0.1, -0.05) is 12.8 Å². The standard InChI is InChI=1S/C18H26N2OS/c19-15-7-4-6-13-10-20(11-14(13)15)18(21)17-9-12-5-2-1-3-8-16(12)22-17/h9,13-15H,1-8,10-11,19H2. The molecule has 0 radical (unpaired) electrons. The molecule has 1 saturated heterocycles. The first-order valence-electron chi connectivity index (χ1n) is 8.89. The van der Waals surface area contributed by atoms with Gasteiger partial charge in [0.15, 0.2) is 0 Å². The molecule has 1 saturated carbocycles. The summed E-state index contributed by atoms with van der Waals surface area (Å²) in [5, 5.41) is 0. The van der Waals surface area contributed by atoms with E-state index >= 15 is 0 Å². The average Bonchev–Trinajstić information content (AvgIpc) is 3.07. The van der Waals surface area contributed by atoms with Gasteiger partial charge >= 0.3 is 0 Å². The van der Waals surface area contributed by atoms with Gasteiger partial charge in [0.1, 0.15) is 0 Å². The second-order valence-corrected chi connectivity index (χ2v) is 8.49. The van der Waals surface area contributed by atoms with Gasteiger partial charge in [-0.25, -0.2) is 0 Å². The number of nitrogens with two attached hydrogens (primary N) is 1. The van der Waals surface area contributed by atoms with Crippen LogP contribution < -0.4 is 5.73 Å². The summed E-state index contributed by atoms with van der Waals surface area (Å²) < 4.78 is 0.